The number of hydrogen-bond acceptors (Lipinski definition) is 5. The molecular weight excluding hydrogens is 310 g/mol. The van der Waals surface area contributed by atoms with Gasteiger partial charge in [-0.2, -0.15) is 0 Å². The first-order valence-electron chi connectivity index (χ1n) is 7.98. The summed E-state index contributed by atoms with van der Waals surface area (Å²) in [4.78, 5) is 25.1. The van der Waals surface area contributed by atoms with Gasteiger partial charge in [0.05, 0.1) is 19.8 Å². The van der Waals surface area contributed by atoms with Crippen molar-refractivity contribution >= 4 is 18.0 Å². The predicted octanol–water partition coefficient (Wildman–Crippen LogP) is 2.27. The fourth-order valence-corrected chi connectivity index (χ4v) is 2.47. The largest absolute Gasteiger partial charge is 0.493 e. The van der Waals surface area contributed by atoms with Crippen LogP contribution in [0.25, 0.3) is 6.08 Å². The molecule has 24 heavy (non-hydrogen) atoms. The molecule has 1 unspecified atom stereocenters. The van der Waals surface area contributed by atoms with Gasteiger partial charge in [-0.25, -0.2) is 0 Å². The van der Waals surface area contributed by atoms with Crippen molar-refractivity contribution in [2.75, 3.05) is 26.8 Å². The maximum Gasteiger partial charge on any atom is 0.308 e. The second-order valence-electron chi connectivity index (χ2n) is 5.52. The van der Waals surface area contributed by atoms with Gasteiger partial charge >= 0.3 is 5.97 Å². The Labute approximate surface area is 142 Å². The second-order valence-corrected chi connectivity index (χ2v) is 5.52. The van der Waals surface area contributed by atoms with Crippen LogP contribution in [0.2, 0.25) is 0 Å². The molecule has 0 radical (unpaired) electrons. The number of esters is 1. The lowest BCUT2D eigenvalue weighted by Crippen LogP contribution is -2.44. The number of rotatable bonds is 5. The van der Waals surface area contributed by atoms with Crippen LogP contribution in [-0.2, 0) is 14.3 Å². The number of nitrogens with zero attached hydrogens (tertiary/aromatic N) is 1. The van der Waals surface area contributed by atoms with Gasteiger partial charge in [-0.1, -0.05) is 13.0 Å². The number of carbonyl (C=O) groups is 2. The fourth-order valence-electron chi connectivity index (χ4n) is 2.47. The molecule has 0 saturated carbocycles. The van der Waals surface area contributed by atoms with E-state index in [1.54, 1.807) is 29.2 Å². The van der Waals surface area contributed by atoms with E-state index in [0.29, 0.717) is 31.2 Å². The van der Waals surface area contributed by atoms with E-state index in [-0.39, 0.29) is 12.0 Å². The molecule has 1 fully saturated rings. The summed E-state index contributed by atoms with van der Waals surface area (Å²) in [5.41, 5.74) is 0.788. The maximum absolute atomic E-state index is 12.3. The molecule has 0 aliphatic carbocycles. The van der Waals surface area contributed by atoms with Crippen molar-refractivity contribution in [2.45, 2.75) is 26.4 Å². The summed E-state index contributed by atoms with van der Waals surface area (Å²) in [6.45, 7) is 5.18. The summed E-state index contributed by atoms with van der Waals surface area (Å²) in [5, 5.41) is 0. The van der Waals surface area contributed by atoms with Crippen LogP contribution in [0.4, 0.5) is 0 Å². The average molecular weight is 333 g/mol. The molecule has 2 rings (SSSR count). The second kappa shape index (κ2) is 8.49. The van der Waals surface area contributed by atoms with Crippen LogP contribution in [-0.4, -0.2) is 49.7 Å². The Morgan fingerprint density at radius 3 is 2.83 bits per heavy atom. The Morgan fingerprint density at radius 2 is 2.17 bits per heavy atom. The quantitative estimate of drug-likeness (QED) is 0.470. The van der Waals surface area contributed by atoms with Crippen LogP contribution >= 0.6 is 0 Å². The van der Waals surface area contributed by atoms with Gasteiger partial charge in [0.2, 0.25) is 5.91 Å². The number of amides is 1. The van der Waals surface area contributed by atoms with Crippen LogP contribution in [0.3, 0.4) is 0 Å². The van der Waals surface area contributed by atoms with Crippen molar-refractivity contribution in [3.63, 3.8) is 0 Å². The zero-order valence-electron chi connectivity index (χ0n) is 14.3. The normalized spacial score (nSPS) is 17.8. The molecule has 1 amide bonds. The Kier molecular flexibility index (Phi) is 6.37. The number of hydrogen-bond donors (Lipinski definition) is 0. The molecule has 0 spiro atoms. The summed E-state index contributed by atoms with van der Waals surface area (Å²) < 4.78 is 15.8. The molecule has 1 heterocycles. The van der Waals surface area contributed by atoms with E-state index in [9.17, 15) is 9.59 Å². The first-order valence-corrected chi connectivity index (χ1v) is 7.98. The van der Waals surface area contributed by atoms with Crippen molar-refractivity contribution in [3.8, 4) is 11.5 Å². The minimum absolute atomic E-state index is 0.0419. The van der Waals surface area contributed by atoms with Crippen molar-refractivity contribution in [3.05, 3.63) is 29.8 Å². The predicted molar refractivity (Wildman–Crippen MR) is 89.9 cm³/mol. The summed E-state index contributed by atoms with van der Waals surface area (Å²) in [7, 11) is 1.50. The fraction of sp³-hybridized carbons (Fsp3) is 0.444. The lowest BCUT2D eigenvalue weighted by molar-refractivity contribution is -0.133. The molecule has 1 atom stereocenters. The third-order valence-corrected chi connectivity index (χ3v) is 3.77. The molecule has 0 N–H and O–H groups in total. The first kappa shape index (κ1) is 18.0. The Hall–Kier alpha value is -2.34. The van der Waals surface area contributed by atoms with E-state index in [1.807, 2.05) is 6.92 Å². The Morgan fingerprint density at radius 1 is 1.38 bits per heavy atom. The maximum atomic E-state index is 12.3. The van der Waals surface area contributed by atoms with Crippen LogP contribution in [0.5, 0.6) is 11.5 Å². The highest BCUT2D eigenvalue weighted by atomic mass is 16.6. The molecule has 130 valence electrons. The summed E-state index contributed by atoms with van der Waals surface area (Å²) in [6.07, 6.45) is 4.26. The highest BCUT2D eigenvalue weighted by Crippen LogP contribution is 2.28. The van der Waals surface area contributed by atoms with Crippen LogP contribution < -0.4 is 9.47 Å². The van der Waals surface area contributed by atoms with E-state index in [2.05, 4.69) is 0 Å². The molecule has 0 bridgehead atoms. The van der Waals surface area contributed by atoms with Crippen LogP contribution in [0.15, 0.2) is 24.3 Å². The van der Waals surface area contributed by atoms with E-state index >= 15 is 0 Å². The zero-order valence-corrected chi connectivity index (χ0v) is 14.3. The van der Waals surface area contributed by atoms with Crippen LogP contribution in [0, 0.1) is 0 Å². The molecular formula is C18H23NO5. The summed E-state index contributed by atoms with van der Waals surface area (Å²) >= 11 is 0. The molecule has 1 saturated heterocycles. The average Bonchev–Trinajstić information content (AvgIpc) is 2.60. The molecule has 1 aliphatic heterocycles. The SMILES string of the molecule is CCC1CN(C(=O)/C=C/c2ccc(OC(C)=O)c(OC)c2)CCO1. The van der Waals surface area contributed by atoms with E-state index in [0.717, 1.165) is 12.0 Å². The van der Waals surface area contributed by atoms with Gasteiger partial charge in [-0.3, -0.25) is 9.59 Å². The number of benzene rings is 1. The lowest BCUT2D eigenvalue weighted by atomic mass is 10.1. The minimum Gasteiger partial charge on any atom is -0.493 e. The minimum atomic E-state index is -0.412. The standard InChI is InChI=1S/C18H23NO5/c1-4-15-12-19(9-10-23-15)18(21)8-6-14-5-7-16(24-13(2)20)17(11-14)22-3/h5-8,11,15H,4,9-10,12H2,1-3H3/b8-6+. The van der Waals surface area contributed by atoms with Crippen molar-refractivity contribution in [1.82, 2.24) is 4.90 Å². The van der Waals surface area contributed by atoms with Gasteiger partial charge in [0.1, 0.15) is 0 Å². The number of methoxy groups -OCH3 is 1. The molecule has 6 heteroatoms. The van der Waals surface area contributed by atoms with E-state index in [1.165, 1.54) is 20.1 Å². The van der Waals surface area contributed by atoms with Gasteiger partial charge in [-0.15, -0.1) is 0 Å². The van der Waals surface area contributed by atoms with Gasteiger partial charge in [0.25, 0.3) is 0 Å². The lowest BCUT2D eigenvalue weighted by Gasteiger charge is -2.31. The van der Waals surface area contributed by atoms with Crippen molar-refractivity contribution < 1.29 is 23.8 Å². The number of ether oxygens (including phenoxy) is 3. The number of carbonyl (C=O) groups excluding carboxylic acids is 2. The third kappa shape index (κ3) is 4.83. The van der Waals surface area contributed by atoms with Gasteiger partial charge in [-0.05, 0) is 30.2 Å². The van der Waals surface area contributed by atoms with Gasteiger partial charge in [0.15, 0.2) is 11.5 Å². The highest BCUT2D eigenvalue weighted by Gasteiger charge is 2.21. The van der Waals surface area contributed by atoms with Crippen molar-refractivity contribution in [2.24, 2.45) is 0 Å². The highest BCUT2D eigenvalue weighted by molar-refractivity contribution is 5.92. The molecule has 1 aromatic carbocycles. The topological polar surface area (TPSA) is 65.1 Å². The molecule has 1 aromatic rings. The summed E-state index contributed by atoms with van der Waals surface area (Å²) in [6, 6.07) is 5.13. The monoisotopic (exact) mass is 333 g/mol. The third-order valence-electron chi connectivity index (χ3n) is 3.77. The van der Waals surface area contributed by atoms with Gasteiger partial charge in [0, 0.05) is 26.1 Å². The molecule has 6 nitrogen and oxygen atoms in total. The van der Waals surface area contributed by atoms with Crippen molar-refractivity contribution in [1.29, 1.82) is 0 Å². The number of morpholine rings is 1. The Bertz CT molecular complexity index is 626. The zero-order chi connectivity index (χ0) is 17.5. The van der Waals surface area contributed by atoms with Gasteiger partial charge < -0.3 is 19.1 Å². The molecule has 1 aliphatic rings. The summed E-state index contributed by atoms with van der Waals surface area (Å²) in [5.74, 6) is 0.342. The molecule has 0 aromatic heterocycles. The van der Waals surface area contributed by atoms with E-state index in [4.69, 9.17) is 14.2 Å². The smallest absolute Gasteiger partial charge is 0.308 e. The first-order chi connectivity index (χ1) is 11.5. The Balaban J connectivity index is 2.05. The van der Waals surface area contributed by atoms with Crippen LogP contribution in [0.1, 0.15) is 25.8 Å². The van der Waals surface area contributed by atoms with E-state index < -0.39 is 5.97 Å².